The molecule has 5 heteroatoms. The van der Waals surface area contributed by atoms with Crippen LogP contribution in [0, 0.1) is 11.8 Å². The highest BCUT2D eigenvalue weighted by Gasteiger charge is 2.33. The lowest BCUT2D eigenvalue weighted by molar-refractivity contribution is -0.141. The molecule has 1 aliphatic heterocycles. The van der Waals surface area contributed by atoms with Gasteiger partial charge in [0.15, 0.2) is 0 Å². The first-order valence-electron chi connectivity index (χ1n) is 7.37. The van der Waals surface area contributed by atoms with Gasteiger partial charge in [-0.05, 0) is 37.3 Å². The number of hydrogen-bond donors (Lipinski definition) is 2. The van der Waals surface area contributed by atoms with Gasteiger partial charge in [0.1, 0.15) is 12.4 Å². The van der Waals surface area contributed by atoms with Crippen molar-refractivity contribution >= 4 is 11.9 Å². The summed E-state index contributed by atoms with van der Waals surface area (Å²) in [6, 6.07) is 7.74. The molecule has 21 heavy (non-hydrogen) atoms. The molecule has 0 spiro atoms. The van der Waals surface area contributed by atoms with Gasteiger partial charge in [-0.15, -0.1) is 0 Å². The highest BCUT2D eigenvalue weighted by Crippen LogP contribution is 2.29. The molecule has 1 saturated carbocycles. The van der Waals surface area contributed by atoms with E-state index < -0.39 is 5.97 Å². The second-order valence-electron chi connectivity index (χ2n) is 5.87. The minimum absolute atomic E-state index is 0.0178. The van der Waals surface area contributed by atoms with Gasteiger partial charge in [0.25, 0.3) is 0 Å². The first-order valence-corrected chi connectivity index (χ1v) is 7.37. The fourth-order valence-corrected chi connectivity index (χ4v) is 3.15. The van der Waals surface area contributed by atoms with Crippen LogP contribution in [0.1, 0.15) is 24.8 Å². The summed E-state index contributed by atoms with van der Waals surface area (Å²) < 4.78 is 5.63. The Labute approximate surface area is 123 Å². The molecule has 1 amide bonds. The zero-order valence-electron chi connectivity index (χ0n) is 11.7. The predicted octanol–water partition coefficient (Wildman–Crippen LogP) is 1.61. The Bertz CT molecular complexity index is 557. The van der Waals surface area contributed by atoms with Crippen molar-refractivity contribution in [3.63, 3.8) is 0 Å². The van der Waals surface area contributed by atoms with Gasteiger partial charge in [0.05, 0.1) is 11.8 Å². The summed E-state index contributed by atoms with van der Waals surface area (Å²) in [6.45, 7) is 0.387. The van der Waals surface area contributed by atoms with E-state index in [1.54, 1.807) is 0 Å². The van der Waals surface area contributed by atoms with E-state index in [0.717, 1.165) is 17.7 Å². The SMILES string of the molecule is O=C(N[C@H]1CC[C@@H](C(=O)O)C1)C1COc2ccccc2C1. The number of carbonyl (C=O) groups excluding carboxylic acids is 1. The number of carboxylic acids is 1. The summed E-state index contributed by atoms with van der Waals surface area (Å²) in [5.41, 5.74) is 1.05. The van der Waals surface area contributed by atoms with Crippen LogP contribution in [0.3, 0.4) is 0 Å². The average molecular weight is 289 g/mol. The van der Waals surface area contributed by atoms with E-state index in [1.165, 1.54) is 0 Å². The van der Waals surface area contributed by atoms with Crippen molar-refractivity contribution in [1.29, 1.82) is 0 Å². The molecule has 1 heterocycles. The van der Waals surface area contributed by atoms with Crippen LogP contribution in [0.4, 0.5) is 0 Å². The van der Waals surface area contributed by atoms with E-state index in [9.17, 15) is 9.59 Å². The number of amides is 1. The van der Waals surface area contributed by atoms with Gasteiger partial charge in [0.2, 0.25) is 5.91 Å². The Hall–Kier alpha value is -2.04. The minimum Gasteiger partial charge on any atom is -0.492 e. The fourth-order valence-electron chi connectivity index (χ4n) is 3.15. The summed E-state index contributed by atoms with van der Waals surface area (Å²) in [5, 5.41) is 12.0. The molecular formula is C16H19NO4. The van der Waals surface area contributed by atoms with Gasteiger partial charge in [-0.3, -0.25) is 9.59 Å². The minimum atomic E-state index is -0.762. The second-order valence-corrected chi connectivity index (χ2v) is 5.87. The zero-order chi connectivity index (χ0) is 14.8. The average Bonchev–Trinajstić information content (AvgIpc) is 2.95. The Morgan fingerprint density at radius 2 is 2.00 bits per heavy atom. The molecule has 1 fully saturated rings. The summed E-state index contributed by atoms with van der Waals surface area (Å²) in [5.74, 6) is -0.446. The van der Waals surface area contributed by atoms with Crippen molar-refractivity contribution in [2.24, 2.45) is 11.8 Å². The quantitative estimate of drug-likeness (QED) is 0.886. The topological polar surface area (TPSA) is 75.6 Å². The third-order valence-corrected chi connectivity index (χ3v) is 4.38. The number of fused-ring (bicyclic) bond motifs is 1. The third kappa shape index (κ3) is 3.01. The molecule has 3 rings (SSSR count). The lowest BCUT2D eigenvalue weighted by Crippen LogP contribution is -2.41. The molecule has 112 valence electrons. The van der Waals surface area contributed by atoms with Crippen LogP contribution in [-0.2, 0) is 16.0 Å². The molecule has 1 aromatic carbocycles. The van der Waals surface area contributed by atoms with E-state index in [-0.39, 0.29) is 23.8 Å². The predicted molar refractivity (Wildman–Crippen MR) is 76.0 cm³/mol. The number of aliphatic carboxylic acids is 1. The van der Waals surface area contributed by atoms with E-state index in [0.29, 0.717) is 25.9 Å². The van der Waals surface area contributed by atoms with Crippen molar-refractivity contribution in [1.82, 2.24) is 5.32 Å². The van der Waals surface area contributed by atoms with Gasteiger partial charge in [-0.2, -0.15) is 0 Å². The van der Waals surface area contributed by atoms with Crippen LogP contribution in [0.2, 0.25) is 0 Å². The number of carbonyl (C=O) groups is 2. The smallest absolute Gasteiger partial charge is 0.306 e. The summed E-state index contributed by atoms with van der Waals surface area (Å²) in [7, 11) is 0. The van der Waals surface area contributed by atoms with Gasteiger partial charge >= 0.3 is 5.97 Å². The van der Waals surface area contributed by atoms with Gasteiger partial charge in [0, 0.05) is 6.04 Å². The maximum absolute atomic E-state index is 12.3. The highest BCUT2D eigenvalue weighted by molar-refractivity contribution is 5.80. The van der Waals surface area contributed by atoms with E-state index in [4.69, 9.17) is 9.84 Å². The molecule has 0 radical (unpaired) electrons. The lowest BCUT2D eigenvalue weighted by atomic mass is 9.95. The molecular weight excluding hydrogens is 270 g/mol. The maximum Gasteiger partial charge on any atom is 0.306 e. The van der Waals surface area contributed by atoms with Crippen LogP contribution >= 0.6 is 0 Å². The molecule has 1 unspecified atom stereocenters. The van der Waals surface area contributed by atoms with E-state index in [2.05, 4.69) is 5.32 Å². The molecule has 2 N–H and O–H groups in total. The zero-order valence-corrected chi connectivity index (χ0v) is 11.7. The molecule has 5 nitrogen and oxygen atoms in total. The molecule has 1 aromatic rings. The van der Waals surface area contributed by atoms with Crippen LogP contribution in [0.15, 0.2) is 24.3 Å². The van der Waals surface area contributed by atoms with E-state index in [1.807, 2.05) is 24.3 Å². The van der Waals surface area contributed by atoms with Crippen molar-refractivity contribution in [2.45, 2.75) is 31.7 Å². The van der Waals surface area contributed by atoms with Crippen molar-refractivity contribution in [3.05, 3.63) is 29.8 Å². The summed E-state index contributed by atoms with van der Waals surface area (Å²) in [4.78, 5) is 23.2. The molecule has 0 saturated heterocycles. The molecule has 2 aliphatic rings. The van der Waals surface area contributed by atoms with Crippen molar-refractivity contribution < 1.29 is 19.4 Å². The number of ether oxygens (including phenoxy) is 1. The normalized spacial score (nSPS) is 27.5. The van der Waals surface area contributed by atoms with Crippen LogP contribution < -0.4 is 10.1 Å². The molecule has 0 aromatic heterocycles. The number of para-hydroxylation sites is 1. The fraction of sp³-hybridized carbons (Fsp3) is 0.500. The Kier molecular flexibility index (Phi) is 3.82. The van der Waals surface area contributed by atoms with Crippen LogP contribution in [0.5, 0.6) is 5.75 Å². The van der Waals surface area contributed by atoms with E-state index >= 15 is 0 Å². The van der Waals surface area contributed by atoms with Crippen molar-refractivity contribution in [3.8, 4) is 5.75 Å². The van der Waals surface area contributed by atoms with Crippen LogP contribution in [0.25, 0.3) is 0 Å². The maximum atomic E-state index is 12.3. The standard InChI is InChI=1S/C16H19NO4/c18-15(17-13-6-5-11(8-13)16(19)20)12-7-10-3-1-2-4-14(10)21-9-12/h1-4,11-13H,5-9H2,(H,17,18)(H,19,20)/t11-,12?,13+/m1/s1. The number of nitrogens with one attached hydrogen (secondary N) is 1. The first-order chi connectivity index (χ1) is 10.1. The van der Waals surface area contributed by atoms with Gasteiger partial charge < -0.3 is 15.2 Å². The number of carboxylic acid groups (broad SMARTS) is 1. The molecule has 0 bridgehead atoms. The largest absolute Gasteiger partial charge is 0.492 e. The lowest BCUT2D eigenvalue weighted by Gasteiger charge is -2.25. The third-order valence-electron chi connectivity index (χ3n) is 4.38. The summed E-state index contributed by atoms with van der Waals surface area (Å²) in [6.07, 6.45) is 2.60. The van der Waals surface area contributed by atoms with Crippen molar-refractivity contribution in [2.75, 3.05) is 6.61 Å². The Morgan fingerprint density at radius 1 is 1.19 bits per heavy atom. The number of rotatable bonds is 3. The highest BCUT2D eigenvalue weighted by atomic mass is 16.5. The first kappa shape index (κ1) is 13.9. The molecule has 3 atom stereocenters. The number of benzene rings is 1. The number of hydrogen-bond acceptors (Lipinski definition) is 3. The Morgan fingerprint density at radius 3 is 2.76 bits per heavy atom. The Balaban J connectivity index is 1.57. The van der Waals surface area contributed by atoms with Gasteiger partial charge in [-0.25, -0.2) is 0 Å². The second kappa shape index (κ2) is 5.76. The molecule has 1 aliphatic carbocycles. The monoisotopic (exact) mass is 289 g/mol. The summed E-state index contributed by atoms with van der Waals surface area (Å²) >= 11 is 0. The van der Waals surface area contributed by atoms with Crippen LogP contribution in [-0.4, -0.2) is 29.6 Å². The van der Waals surface area contributed by atoms with Gasteiger partial charge in [-0.1, -0.05) is 18.2 Å².